The van der Waals surface area contributed by atoms with Crippen molar-refractivity contribution in [1.82, 2.24) is 24.8 Å². The molecule has 1 aliphatic heterocycles. The van der Waals surface area contributed by atoms with E-state index < -0.39 is 0 Å². The summed E-state index contributed by atoms with van der Waals surface area (Å²) in [5.74, 6) is 1.79. The molecule has 0 radical (unpaired) electrons. The number of carbonyl (C=O) groups excluding carboxylic acids is 1. The van der Waals surface area contributed by atoms with Crippen molar-refractivity contribution in [2.24, 2.45) is 0 Å². The summed E-state index contributed by atoms with van der Waals surface area (Å²) in [6.07, 6.45) is 3.89. The standard InChI is InChI=1S/C18H17IN6O3S/c19-10-5-11-12(28-8-27-11)6-13(10)29-18-24-15-16(20)21-7-22-17(15)25(18)4-3-14(26)23-9-1-2-9/h5-7,9H,1-4,8H2,(H,23,26)(H2,20,21,22). The number of anilines is 1. The highest BCUT2D eigenvalue weighted by Crippen LogP contribution is 2.41. The number of aromatic nitrogens is 4. The third-order valence-corrected chi connectivity index (χ3v) is 6.97. The zero-order valence-electron chi connectivity index (χ0n) is 15.2. The van der Waals surface area contributed by atoms with Crippen LogP contribution in [-0.4, -0.2) is 38.3 Å². The Balaban J connectivity index is 1.47. The SMILES string of the molecule is Nc1ncnc2c1nc(Sc1cc3c(cc1I)OCO3)n2CCC(=O)NC1CC1. The number of imidazole rings is 1. The summed E-state index contributed by atoms with van der Waals surface area (Å²) in [5.41, 5.74) is 7.17. The number of halogens is 1. The van der Waals surface area contributed by atoms with Crippen molar-refractivity contribution in [3.63, 3.8) is 0 Å². The smallest absolute Gasteiger partial charge is 0.231 e. The molecule has 2 aromatic heterocycles. The molecule has 3 heterocycles. The molecule has 9 nitrogen and oxygen atoms in total. The van der Waals surface area contributed by atoms with Gasteiger partial charge in [-0.05, 0) is 47.6 Å². The summed E-state index contributed by atoms with van der Waals surface area (Å²) in [6, 6.07) is 4.21. The number of nitrogens with zero attached hydrogens (tertiary/aromatic N) is 4. The molecule has 0 unspecified atom stereocenters. The highest BCUT2D eigenvalue weighted by atomic mass is 127. The van der Waals surface area contributed by atoms with E-state index >= 15 is 0 Å². The summed E-state index contributed by atoms with van der Waals surface area (Å²) in [5, 5.41) is 3.71. The van der Waals surface area contributed by atoms with Gasteiger partial charge in [0.05, 0.1) is 0 Å². The fourth-order valence-corrected chi connectivity index (χ4v) is 4.74. The summed E-state index contributed by atoms with van der Waals surface area (Å²) >= 11 is 3.73. The monoisotopic (exact) mass is 524 g/mol. The lowest BCUT2D eigenvalue weighted by atomic mass is 10.3. The predicted molar refractivity (Wildman–Crippen MR) is 115 cm³/mol. The summed E-state index contributed by atoms with van der Waals surface area (Å²) in [6.45, 7) is 0.676. The van der Waals surface area contributed by atoms with Gasteiger partial charge >= 0.3 is 0 Å². The summed E-state index contributed by atoms with van der Waals surface area (Å²) < 4.78 is 13.9. The van der Waals surface area contributed by atoms with E-state index in [0.29, 0.717) is 46.9 Å². The first-order chi connectivity index (χ1) is 14.1. The van der Waals surface area contributed by atoms with Crippen molar-refractivity contribution in [2.75, 3.05) is 12.5 Å². The van der Waals surface area contributed by atoms with Crippen LogP contribution >= 0.6 is 34.4 Å². The third kappa shape index (κ3) is 3.80. The van der Waals surface area contributed by atoms with Crippen LogP contribution in [0.15, 0.2) is 28.5 Å². The normalized spacial score (nSPS) is 15.1. The number of hydrogen-bond acceptors (Lipinski definition) is 8. The third-order valence-electron chi connectivity index (χ3n) is 4.66. The maximum Gasteiger partial charge on any atom is 0.231 e. The van der Waals surface area contributed by atoms with E-state index in [9.17, 15) is 4.79 Å². The van der Waals surface area contributed by atoms with Gasteiger partial charge in [0.2, 0.25) is 12.7 Å². The minimum absolute atomic E-state index is 0.0324. The molecule has 1 aliphatic carbocycles. The van der Waals surface area contributed by atoms with Gasteiger partial charge in [0.15, 0.2) is 33.6 Å². The van der Waals surface area contributed by atoms with Gasteiger partial charge in [-0.2, -0.15) is 0 Å². The van der Waals surface area contributed by atoms with Crippen LogP contribution in [0.25, 0.3) is 11.2 Å². The van der Waals surface area contributed by atoms with Crippen molar-refractivity contribution >= 4 is 57.2 Å². The Hall–Kier alpha value is -2.28. The number of nitrogens with two attached hydrogens (primary N) is 1. The van der Waals surface area contributed by atoms with Crippen molar-refractivity contribution < 1.29 is 14.3 Å². The van der Waals surface area contributed by atoms with Gasteiger partial charge in [0, 0.05) is 27.5 Å². The van der Waals surface area contributed by atoms with Gasteiger partial charge in [-0.3, -0.25) is 4.79 Å². The lowest BCUT2D eigenvalue weighted by Crippen LogP contribution is -2.26. The van der Waals surface area contributed by atoms with Gasteiger partial charge in [-0.1, -0.05) is 11.8 Å². The van der Waals surface area contributed by atoms with E-state index in [0.717, 1.165) is 27.1 Å². The number of carbonyl (C=O) groups is 1. The average molecular weight is 524 g/mol. The Kier molecular flexibility index (Phi) is 4.86. The lowest BCUT2D eigenvalue weighted by Gasteiger charge is -2.10. The number of ether oxygens (including phenoxy) is 2. The molecule has 0 atom stereocenters. The second-order valence-corrected chi connectivity index (χ2v) is 8.98. The Morgan fingerprint density at radius 1 is 1.31 bits per heavy atom. The number of benzene rings is 1. The van der Waals surface area contributed by atoms with E-state index in [2.05, 4.69) is 42.9 Å². The Morgan fingerprint density at radius 3 is 2.90 bits per heavy atom. The molecule has 3 aromatic rings. The Bertz CT molecular complexity index is 1120. The molecule has 0 saturated heterocycles. The van der Waals surface area contributed by atoms with Gasteiger partial charge in [-0.25, -0.2) is 15.0 Å². The molecule has 1 saturated carbocycles. The number of hydrogen-bond donors (Lipinski definition) is 2. The van der Waals surface area contributed by atoms with Crippen LogP contribution in [0.1, 0.15) is 19.3 Å². The van der Waals surface area contributed by atoms with Crippen molar-refractivity contribution in [2.45, 2.75) is 41.9 Å². The van der Waals surface area contributed by atoms with Crippen molar-refractivity contribution in [1.29, 1.82) is 0 Å². The molecule has 0 bridgehead atoms. The van der Waals surface area contributed by atoms with Crippen molar-refractivity contribution in [3.05, 3.63) is 22.0 Å². The fourth-order valence-electron chi connectivity index (χ4n) is 3.03. The highest BCUT2D eigenvalue weighted by molar-refractivity contribution is 14.1. The minimum atomic E-state index is 0.0324. The molecule has 11 heteroatoms. The highest BCUT2D eigenvalue weighted by Gasteiger charge is 2.24. The first kappa shape index (κ1) is 18.7. The summed E-state index contributed by atoms with van der Waals surface area (Å²) in [7, 11) is 0. The molecular weight excluding hydrogens is 507 g/mol. The molecule has 150 valence electrons. The molecule has 1 amide bonds. The van der Waals surface area contributed by atoms with Gasteiger partial charge < -0.3 is 25.1 Å². The summed E-state index contributed by atoms with van der Waals surface area (Å²) in [4.78, 5) is 26.2. The second-order valence-electron chi connectivity index (χ2n) is 6.81. The van der Waals surface area contributed by atoms with Crippen LogP contribution < -0.4 is 20.5 Å². The molecule has 1 fully saturated rings. The maximum atomic E-state index is 12.2. The largest absolute Gasteiger partial charge is 0.454 e. The van der Waals surface area contributed by atoms with Crippen LogP contribution in [0, 0.1) is 3.57 Å². The van der Waals surface area contributed by atoms with Crippen molar-refractivity contribution in [3.8, 4) is 11.5 Å². The van der Waals surface area contributed by atoms with E-state index in [-0.39, 0.29) is 12.7 Å². The van der Waals surface area contributed by atoms with E-state index in [1.807, 2.05) is 16.7 Å². The molecule has 29 heavy (non-hydrogen) atoms. The van der Waals surface area contributed by atoms with E-state index in [1.165, 1.54) is 18.1 Å². The zero-order chi connectivity index (χ0) is 20.0. The molecule has 0 spiro atoms. The molecule has 3 N–H and O–H groups in total. The van der Waals surface area contributed by atoms with E-state index in [1.54, 1.807) is 0 Å². The predicted octanol–water partition coefficient (Wildman–Crippen LogP) is 2.56. The molecule has 1 aromatic carbocycles. The maximum absolute atomic E-state index is 12.2. The Morgan fingerprint density at radius 2 is 2.10 bits per heavy atom. The molecular formula is C18H17IN6O3S. The van der Waals surface area contributed by atoms with Gasteiger partial charge in [-0.15, -0.1) is 0 Å². The number of amides is 1. The average Bonchev–Trinajstić information content (AvgIpc) is 3.26. The topological polar surface area (TPSA) is 117 Å². The van der Waals surface area contributed by atoms with E-state index in [4.69, 9.17) is 15.2 Å². The lowest BCUT2D eigenvalue weighted by molar-refractivity contribution is -0.121. The number of fused-ring (bicyclic) bond motifs is 2. The quantitative estimate of drug-likeness (QED) is 0.473. The number of nitrogen functional groups attached to an aromatic ring is 1. The minimum Gasteiger partial charge on any atom is -0.454 e. The van der Waals surface area contributed by atoms with Gasteiger partial charge in [0.1, 0.15) is 6.33 Å². The molecule has 5 rings (SSSR count). The fraction of sp³-hybridized carbons (Fsp3) is 0.333. The number of nitrogens with one attached hydrogen (secondary N) is 1. The zero-order valence-corrected chi connectivity index (χ0v) is 18.2. The van der Waals surface area contributed by atoms with Crippen LogP contribution in [0.2, 0.25) is 0 Å². The molecule has 2 aliphatic rings. The van der Waals surface area contributed by atoms with Crippen LogP contribution in [0.5, 0.6) is 11.5 Å². The second kappa shape index (κ2) is 7.52. The van der Waals surface area contributed by atoms with Gasteiger partial charge in [0.25, 0.3) is 0 Å². The van der Waals surface area contributed by atoms with Crippen LogP contribution in [0.3, 0.4) is 0 Å². The number of rotatable bonds is 6. The Labute approximate surface area is 183 Å². The first-order valence-electron chi connectivity index (χ1n) is 9.11. The van der Waals surface area contributed by atoms with Crippen LogP contribution in [-0.2, 0) is 11.3 Å². The number of aryl methyl sites for hydroxylation is 1. The first-order valence-corrected chi connectivity index (χ1v) is 11.0. The van der Waals surface area contributed by atoms with Crippen LogP contribution in [0.4, 0.5) is 5.82 Å².